The molecule has 0 saturated carbocycles. The van der Waals surface area contributed by atoms with E-state index in [-0.39, 0.29) is 24.3 Å². The fourth-order valence-corrected chi connectivity index (χ4v) is 3.82. The second kappa shape index (κ2) is 5.80. The van der Waals surface area contributed by atoms with Crippen LogP contribution in [0.5, 0.6) is 0 Å². The molecule has 0 radical (unpaired) electrons. The van der Waals surface area contributed by atoms with Gasteiger partial charge >= 0.3 is 0 Å². The van der Waals surface area contributed by atoms with Crippen LogP contribution in [0.15, 0.2) is 12.7 Å². The number of nitrogens with zero attached hydrogens (tertiary/aromatic N) is 1. The molecule has 5 heteroatoms. The van der Waals surface area contributed by atoms with Crippen LogP contribution in [0, 0.1) is 5.92 Å². The minimum atomic E-state index is -3.19. The average Bonchev–Trinajstić information content (AvgIpc) is 2.27. The molecule has 94 valence electrons. The second-order valence-corrected chi connectivity index (χ2v) is 6.48. The molecule has 4 nitrogen and oxygen atoms in total. The Labute approximate surface area is 98.0 Å². The first-order chi connectivity index (χ1) is 7.51. The number of aliphatic hydroxyl groups is 1. The number of rotatable bonds is 5. The number of allylic oxidation sites excluding steroid dienone is 1. The molecule has 0 amide bonds. The van der Waals surface area contributed by atoms with Crippen molar-refractivity contribution in [3.8, 4) is 0 Å². The van der Waals surface area contributed by atoms with Crippen LogP contribution in [0.1, 0.15) is 26.2 Å². The molecule has 1 rings (SSSR count). The zero-order chi connectivity index (χ0) is 12.2. The summed E-state index contributed by atoms with van der Waals surface area (Å²) in [5.41, 5.74) is 0. The van der Waals surface area contributed by atoms with E-state index in [4.69, 9.17) is 5.11 Å². The first-order valence-electron chi connectivity index (χ1n) is 5.72. The van der Waals surface area contributed by atoms with E-state index < -0.39 is 10.0 Å². The molecule has 1 saturated heterocycles. The monoisotopic (exact) mass is 247 g/mol. The fourth-order valence-electron chi connectivity index (χ4n) is 2.03. The number of piperidine rings is 1. The lowest BCUT2D eigenvalue weighted by Crippen LogP contribution is -2.47. The Bertz CT molecular complexity index is 326. The van der Waals surface area contributed by atoms with E-state index in [0.717, 1.165) is 12.8 Å². The molecule has 16 heavy (non-hydrogen) atoms. The summed E-state index contributed by atoms with van der Waals surface area (Å²) in [5.74, 6) is 0.216. The number of sulfonamides is 1. The summed E-state index contributed by atoms with van der Waals surface area (Å²) in [6.07, 6.45) is 3.84. The normalized spacial score (nSPS) is 27.9. The van der Waals surface area contributed by atoms with Crippen molar-refractivity contribution in [3.63, 3.8) is 0 Å². The Morgan fingerprint density at radius 3 is 2.75 bits per heavy atom. The number of hydrogen-bond acceptors (Lipinski definition) is 3. The lowest BCUT2D eigenvalue weighted by atomic mass is 9.96. The van der Waals surface area contributed by atoms with Crippen LogP contribution < -0.4 is 0 Å². The average molecular weight is 247 g/mol. The van der Waals surface area contributed by atoms with Gasteiger partial charge in [0.05, 0.1) is 5.75 Å². The van der Waals surface area contributed by atoms with Crippen LogP contribution in [-0.4, -0.2) is 42.8 Å². The van der Waals surface area contributed by atoms with Gasteiger partial charge in [-0.25, -0.2) is 8.42 Å². The topological polar surface area (TPSA) is 57.6 Å². The molecule has 1 N–H and O–H groups in total. The third kappa shape index (κ3) is 3.30. The van der Waals surface area contributed by atoms with Gasteiger partial charge in [0.25, 0.3) is 0 Å². The first kappa shape index (κ1) is 13.7. The molecular formula is C11H21NO3S. The smallest absolute Gasteiger partial charge is 0.214 e. The van der Waals surface area contributed by atoms with Gasteiger partial charge < -0.3 is 5.11 Å². The number of hydrogen-bond donors (Lipinski definition) is 1. The van der Waals surface area contributed by atoms with E-state index in [1.165, 1.54) is 0 Å². The lowest BCUT2D eigenvalue weighted by Gasteiger charge is -2.36. The Balaban J connectivity index is 2.71. The maximum Gasteiger partial charge on any atom is 0.214 e. The van der Waals surface area contributed by atoms with Crippen LogP contribution in [0.2, 0.25) is 0 Å². The van der Waals surface area contributed by atoms with Crippen LogP contribution in [0.25, 0.3) is 0 Å². The minimum Gasteiger partial charge on any atom is -0.396 e. The SMILES string of the molecule is C=CCCS(=O)(=O)N1CC(CO)CCC1C. The van der Waals surface area contributed by atoms with Gasteiger partial charge in [-0.1, -0.05) is 6.08 Å². The molecule has 1 heterocycles. The van der Waals surface area contributed by atoms with Crippen molar-refractivity contribution in [3.05, 3.63) is 12.7 Å². The van der Waals surface area contributed by atoms with E-state index in [1.807, 2.05) is 6.92 Å². The van der Waals surface area contributed by atoms with Crippen molar-refractivity contribution in [2.45, 2.75) is 32.2 Å². The highest BCUT2D eigenvalue weighted by atomic mass is 32.2. The van der Waals surface area contributed by atoms with Gasteiger partial charge in [0.2, 0.25) is 10.0 Å². The van der Waals surface area contributed by atoms with Crippen molar-refractivity contribution < 1.29 is 13.5 Å². The minimum absolute atomic E-state index is 0.0533. The van der Waals surface area contributed by atoms with Crippen LogP contribution >= 0.6 is 0 Å². The summed E-state index contributed by atoms with van der Waals surface area (Å²) in [4.78, 5) is 0. The molecule has 2 unspecified atom stereocenters. The third-order valence-electron chi connectivity index (χ3n) is 3.12. The van der Waals surface area contributed by atoms with E-state index >= 15 is 0 Å². The van der Waals surface area contributed by atoms with E-state index in [1.54, 1.807) is 10.4 Å². The predicted molar refractivity (Wildman–Crippen MR) is 64.6 cm³/mol. The van der Waals surface area contributed by atoms with Gasteiger partial charge in [-0.2, -0.15) is 4.31 Å². The van der Waals surface area contributed by atoms with Gasteiger partial charge in [-0.3, -0.25) is 0 Å². The zero-order valence-electron chi connectivity index (χ0n) is 9.80. The predicted octanol–water partition coefficient (Wildman–Crippen LogP) is 0.985. The molecule has 1 fully saturated rings. The molecule has 1 aliphatic heterocycles. The van der Waals surface area contributed by atoms with Crippen molar-refractivity contribution in [1.29, 1.82) is 0 Å². The van der Waals surface area contributed by atoms with Gasteiger partial charge in [0.1, 0.15) is 0 Å². The largest absolute Gasteiger partial charge is 0.396 e. The Hall–Kier alpha value is -0.390. The zero-order valence-corrected chi connectivity index (χ0v) is 10.6. The van der Waals surface area contributed by atoms with Gasteiger partial charge in [-0.15, -0.1) is 6.58 Å². The van der Waals surface area contributed by atoms with Crippen LogP contribution in [0.3, 0.4) is 0 Å². The Morgan fingerprint density at radius 2 is 2.19 bits per heavy atom. The highest BCUT2D eigenvalue weighted by Crippen LogP contribution is 2.24. The summed E-state index contributed by atoms with van der Waals surface area (Å²) in [5, 5.41) is 9.10. The van der Waals surface area contributed by atoms with Crippen LogP contribution in [-0.2, 0) is 10.0 Å². The summed E-state index contributed by atoms with van der Waals surface area (Å²) in [6.45, 7) is 5.99. The quantitative estimate of drug-likeness (QED) is 0.737. The molecule has 0 aromatic carbocycles. The van der Waals surface area contributed by atoms with Gasteiger partial charge in [-0.05, 0) is 32.1 Å². The second-order valence-electron chi connectivity index (χ2n) is 4.44. The fraction of sp³-hybridized carbons (Fsp3) is 0.818. The maximum absolute atomic E-state index is 12.0. The van der Waals surface area contributed by atoms with E-state index in [2.05, 4.69) is 6.58 Å². The Kier molecular flexibility index (Phi) is 4.95. The highest BCUT2D eigenvalue weighted by molar-refractivity contribution is 7.89. The molecular weight excluding hydrogens is 226 g/mol. The molecule has 0 aromatic heterocycles. The van der Waals surface area contributed by atoms with E-state index in [9.17, 15) is 8.42 Å². The molecule has 1 aliphatic rings. The molecule has 0 aromatic rings. The van der Waals surface area contributed by atoms with Crippen molar-refractivity contribution >= 4 is 10.0 Å². The molecule has 0 bridgehead atoms. The first-order valence-corrected chi connectivity index (χ1v) is 7.33. The van der Waals surface area contributed by atoms with Crippen molar-refractivity contribution in [1.82, 2.24) is 4.31 Å². The van der Waals surface area contributed by atoms with Crippen LogP contribution in [0.4, 0.5) is 0 Å². The molecule has 0 spiro atoms. The van der Waals surface area contributed by atoms with Gasteiger partial charge in [0.15, 0.2) is 0 Å². The summed E-state index contributed by atoms with van der Waals surface area (Å²) < 4.78 is 25.6. The third-order valence-corrected chi connectivity index (χ3v) is 5.09. The number of aliphatic hydroxyl groups excluding tert-OH is 1. The molecule has 2 atom stereocenters. The standard InChI is InChI=1S/C11H21NO3S/c1-3-4-7-16(14,15)12-8-11(9-13)6-5-10(12)2/h3,10-11,13H,1,4-9H2,2H3. The lowest BCUT2D eigenvalue weighted by molar-refractivity contribution is 0.139. The van der Waals surface area contributed by atoms with Gasteiger partial charge in [0, 0.05) is 19.2 Å². The van der Waals surface area contributed by atoms with Crippen molar-refractivity contribution in [2.75, 3.05) is 18.9 Å². The van der Waals surface area contributed by atoms with Crippen molar-refractivity contribution in [2.24, 2.45) is 5.92 Å². The maximum atomic E-state index is 12.0. The summed E-state index contributed by atoms with van der Waals surface area (Å²) >= 11 is 0. The van der Waals surface area contributed by atoms with E-state index in [0.29, 0.717) is 13.0 Å². The highest BCUT2D eigenvalue weighted by Gasteiger charge is 2.32. The summed E-state index contributed by atoms with van der Waals surface area (Å²) in [6, 6.07) is 0.0533. The summed E-state index contributed by atoms with van der Waals surface area (Å²) in [7, 11) is -3.19. The Morgan fingerprint density at radius 1 is 1.50 bits per heavy atom. The molecule has 0 aliphatic carbocycles.